The van der Waals surface area contributed by atoms with Crippen LogP contribution in [0.25, 0.3) is 0 Å². The first-order chi connectivity index (χ1) is 15.0. The molecule has 4 aromatic rings. The van der Waals surface area contributed by atoms with Crippen LogP contribution in [0.5, 0.6) is 0 Å². The minimum atomic E-state index is -1.03. The minimum absolute atomic E-state index is 0.0379. The van der Waals surface area contributed by atoms with Crippen molar-refractivity contribution in [1.82, 2.24) is 4.98 Å². The first-order valence-corrected chi connectivity index (χ1v) is 10.5. The van der Waals surface area contributed by atoms with Crippen molar-refractivity contribution in [2.75, 3.05) is 0 Å². The molecular formula is C28H25NO2. The summed E-state index contributed by atoms with van der Waals surface area (Å²) in [6.45, 7) is 4.40. The number of carboxylic acids is 1. The molecule has 0 aliphatic carbocycles. The van der Waals surface area contributed by atoms with Crippen molar-refractivity contribution in [3.05, 3.63) is 137 Å². The highest BCUT2D eigenvalue weighted by atomic mass is 16.4. The van der Waals surface area contributed by atoms with Crippen molar-refractivity contribution in [3.63, 3.8) is 0 Å². The Kier molecular flexibility index (Phi) is 5.68. The van der Waals surface area contributed by atoms with Gasteiger partial charge in [0.05, 0.1) is 5.41 Å². The Labute approximate surface area is 183 Å². The maximum absolute atomic E-state index is 11.5. The molecule has 0 saturated heterocycles. The van der Waals surface area contributed by atoms with E-state index >= 15 is 0 Å². The summed E-state index contributed by atoms with van der Waals surface area (Å²) in [6.07, 6.45) is 1.71. The molecule has 0 radical (unpaired) electrons. The zero-order valence-corrected chi connectivity index (χ0v) is 17.7. The Morgan fingerprint density at radius 1 is 0.742 bits per heavy atom. The molecule has 3 aromatic carbocycles. The summed E-state index contributed by atoms with van der Waals surface area (Å²) >= 11 is 0. The lowest BCUT2D eigenvalue weighted by atomic mass is 9.63. The van der Waals surface area contributed by atoms with Crippen molar-refractivity contribution in [2.24, 2.45) is 0 Å². The number of pyridine rings is 1. The fourth-order valence-corrected chi connectivity index (χ4v) is 4.43. The number of hydrogen-bond acceptors (Lipinski definition) is 2. The molecule has 0 saturated carbocycles. The molecule has 1 heterocycles. The van der Waals surface area contributed by atoms with E-state index in [1.807, 2.05) is 42.5 Å². The van der Waals surface area contributed by atoms with Gasteiger partial charge in [-0.3, -0.25) is 0 Å². The van der Waals surface area contributed by atoms with Gasteiger partial charge >= 0.3 is 5.97 Å². The van der Waals surface area contributed by atoms with Crippen molar-refractivity contribution < 1.29 is 9.90 Å². The second kappa shape index (κ2) is 8.57. The maximum atomic E-state index is 11.5. The average Bonchev–Trinajstić information content (AvgIpc) is 2.81. The molecule has 0 fully saturated rings. The first kappa shape index (κ1) is 20.5. The lowest BCUT2D eigenvalue weighted by molar-refractivity contribution is 0.0690. The Balaban J connectivity index is 2.15. The second-order valence-corrected chi connectivity index (χ2v) is 7.96. The number of carbonyl (C=O) groups is 1. The summed E-state index contributed by atoms with van der Waals surface area (Å²) in [5, 5.41) is 9.38. The van der Waals surface area contributed by atoms with Gasteiger partial charge in [0.15, 0.2) is 0 Å². The third kappa shape index (κ3) is 3.64. The lowest BCUT2D eigenvalue weighted by Crippen LogP contribution is -2.32. The Bertz CT molecular complexity index is 1130. The van der Waals surface area contributed by atoms with Gasteiger partial charge in [0, 0.05) is 6.20 Å². The molecule has 1 N–H and O–H groups in total. The van der Waals surface area contributed by atoms with Crippen molar-refractivity contribution in [1.29, 1.82) is 0 Å². The number of rotatable bonds is 6. The number of aromatic nitrogens is 1. The molecule has 154 valence electrons. The third-order valence-corrected chi connectivity index (χ3v) is 5.82. The fourth-order valence-electron chi connectivity index (χ4n) is 4.43. The van der Waals surface area contributed by atoms with Crippen LogP contribution in [-0.2, 0) is 5.41 Å². The highest BCUT2D eigenvalue weighted by Crippen LogP contribution is 2.47. The van der Waals surface area contributed by atoms with Gasteiger partial charge in [-0.2, -0.15) is 0 Å². The predicted octanol–water partition coefficient (Wildman–Crippen LogP) is 6.29. The lowest BCUT2D eigenvalue weighted by Gasteiger charge is -2.38. The number of aromatic carboxylic acids is 1. The normalized spacial score (nSPS) is 11.5. The smallest absolute Gasteiger partial charge is 0.354 e. The fraction of sp³-hybridized carbons (Fsp3) is 0.143. The number of benzene rings is 3. The molecule has 0 aliphatic heterocycles. The van der Waals surface area contributed by atoms with Crippen LogP contribution in [0.1, 0.15) is 58.1 Å². The quantitative estimate of drug-likeness (QED) is 0.382. The number of nitrogens with zero attached hydrogens (tertiary/aromatic N) is 1. The summed E-state index contributed by atoms with van der Waals surface area (Å²) in [5.74, 6) is -0.714. The van der Waals surface area contributed by atoms with Crippen LogP contribution in [0.3, 0.4) is 0 Å². The van der Waals surface area contributed by atoms with Gasteiger partial charge in [-0.25, -0.2) is 9.78 Å². The van der Waals surface area contributed by atoms with E-state index < -0.39 is 11.4 Å². The highest BCUT2D eigenvalue weighted by Gasteiger charge is 2.40. The van der Waals surface area contributed by atoms with Crippen molar-refractivity contribution >= 4 is 5.97 Å². The number of carboxylic acid groups (broad SMARTS) is 1. The molecule has 0 amide bonds. The third-order valence-electron chi connectivity index (χ3n) is 5.82. The van der Waals surface area contributed by atoms with E-state index in [4.69, 9.17) is 0 Å². The Morgan fingerprint density at radius 2 is 1.29 bits per heavy atom. The van der Waals surface area contributed by atoms with Crippen LogP contribution in [0.15, 0.2) is 103 Å². The Morgan fingerprint density at radius 3 is 1.77 bits per heavy atom. The van der Waals surface area contributed by atoms with Crippen LogP contribution in [-0.4, -0.2) is 16.1 Å². The summed E-state index contributed by atoms with van der Waals surface area (Å²) in [5.41, 5.74) is 4.98. The van der Waals surface area contributed by atoms with Gasteiger partial charge in [0.1, 0.15) is 5.69 Å². The molecule has 1 aromatic heterocycles. The van der Waals surface area contributed by atoms with E-state index in [-0.39, 0.29) is 5.69 Å². The summed E-state index contributed by atoms with van der Waals surface area (Å²) in [6, 6.07) is 32.7. The molecule has 0 atom stereocenters. The second-order valence-electron chi connectivity index (χ2n) is 7.96. The Hall–Kier alpha value is -3.72. The molecule has 0 bridgehead atoms. The van der Waals surface area contributed by atoms with E-state index in [9.17, 15) is 9.90 Å². The molecule has 0 spiro atoms. The van der Waals surface area contributed by atoms with Gasteiger partial charge in [0.2, 0.25) is 0 Å². The van der Waals surface area contributed by atoms with Gasteiger partial charge in [-0.15, -0.1) is 0 Å². The molecule has 3 heteroatoms. The van der Waals surface area contributed by atoms with Crippen molar-refractivity contribution in [3.8, 4) is 0 Å². The van der Waals surface area contributed by atoms with Crippen LogP contribution in [0.4, 0.5) is 0 Å². The largest absolute Gasteiger partial charge is 0.477 e. The molecule has 31 heavy (non-hydrogen) atoms. The van der Waals surface area contributed by atoms with Gasteiger partial charge in [-0.05, 0) is 39.8 Å². The zero-order chi connectivity index (χ0) is 21.8. The molecule has 4 rings (SSSR count). The first-order valence-electron chi connectivity index (χ1n) is 10.5. The SMILES string of the molecule is CC(C)c1ccccc1C(c1ccccc1)(c1ccccc1)c1ccc(C(=O)O)nc1. The van der Waals surface area contributed by atoms with E-state index in [2.05, 4.69) is 67.4 Å². The van der Waals surface area contributed by atoms with E-state index in [1.165, 1.54) is 11.1 Å². The number of hydrogen-bond donors (Lipinski definition) is 1. The zero-order valence-electron chi connectivity index (χ0n) is 17.7. The van der Waals surface area contributed by atoms with E-state index in [0.29, 0.717) is 5.92 Å². The van der Waals surface area contributed by atoms with E-state index in [0.717, 1.165) is 16.7 Å². The van der Waals surface area contributed by atoms with E-state index in [1.54, 1.807) is 12.3 Å². The van der Waals surface area contributed by atoms with Gasteiger partial charge < -0.3 is 5.11 Å². The highest BCUT2D eigenvalue weighted by molar-refractivity contribution is 5.85. The standard InChI is InChI=1S/C28H25NO2/c1-20(2)24-15-9-10-16-25(24)28(21-11-5-3-6-12-21,22-13-7-4-8-14-22)23-17-18-26(27(30)31)29-19-23/h3-20H,1-2H3,(H,30,31). The van der Waals surface area contributed by atoms with Crippen LogP contribution in [0, 0.1) is 0 Å². The summed E-state index contributed by atoms with van der Waals surface area (Å²) in [4.78, 5) is 15.7. The summed E-state index contributed by atoms with van der Waals surface area (Å²) in [7, 11) is 0. The topological polar surface area (TPSA) is 50.2 Å². The van der Waals surface area contributed by atoms with Crippen LogP contribution in [0.2, 0.25) is 0 Å². The van der Waals surface area contributed by atoms with Gasteiger partial charge in [0.25, 0.3) is 0 Å². The summed E-state index contributed by atoms with van der Waals surface area (Å²) < 4.78 is 0. The van der Waals surface area contributed by atoms with Crippen molar-refractivity contribution in [2.45, 2.75) is 25.2 Å². The minimum Gasteiger partial charge on any atom is -0.477 e. The van der Waals surface area contributed by atoms with Gasteiger partial charge in [-0.1, -0.05) is 105 Å². The molecule has 0 unspecified atom stereocenters. The molecular weight excluding hydrogens is 382 g/mol. The average molecular weight is 408 g/mol. The molecule has 0 aliphatic rings. The monoisotopic (exact) mass is 407 g/mol. The maximum Gasteiger partial charge on any atom is 0.354 e. The van der Waals surface area contributed by atoms with Crippen LogP contribution >= 0.6 is 0 Å². The molecule has 3 nitrogen and oxygen atoms in total. The van der Waals surface area contributed by atoms with Crippen LogP contribution < -0.4 is 0 Å². The predicted molar refractivity (Wildman–Crippen MR) is 124 cm³/mol.